The number of azide groups is 1. The van der Waals surface area contributed by atoms with Crippen molar-refractivity contribution in [3.63, 3.8) is 0 Å². The SMILES string of the molecule is CC1(C)OC2OC(C(I)CN=[N+]=[N-])C(O)C2O1. The predicted molar refractivity (Wildman–Crippen MR) is 66.5 cm³/mol. The van der Waals surface area contributed by atoms with E-state index in [1.807, 2.05) is 0 Å². The summed E-state index contributed by atoms with van der Waals surface area (Å²) in [6, 6.07) is 0. The third kappa shape index (κ3) is 2.67. The highest BCUT2D eigenvalue weighted by molar-refractivity contribution is 14.1. The Hall–Kier alpha value is -0.120. The minimum atomic E-state index is -0.766. The monoisotopic (exact) mass is 355 g/mol. The van der Waals surface area contributed by atoms with Gasteiger partial charge in [0.2, 0.25) is 0 Å². The first kappa shape index (κ1) is 13.3. The first-order valence-corrected chi connectivity index (χ1v) is 6.53. The van der Waals surface area contributed by atoms with Crippen molar-refractivity contribution in [2.24, 2.45) is 5.11 Å². The highest BCUT2D eigenvalue weighted by Gasteiger charge is 2.55. The molecule has 2 aliphatic heterocycles. The summed E-state index contributed by atoms with van der Waals surface area (Å²) in [5.74, 6) is -0.729. The number of fused-ring (bicyclic) bond motifs is 1. The maximum Gasteiger partial charge on any atom is 0.190 e. The zero-order valence-electron chi connectivity index (χ0n) is 9.49. The van der Waals surface area contributed by atoms with Crippen LogP contribution >= 0.6 is 22.6 Å². The molecular weight excluding hydrogens is 341 g/mol. The normalized spacial score (nSPS) is 40.7. The summed E-state index contributed by atoms with van der Waals surface area (Å²) in [6.45, 7) is 3.82. The Bertz CT molecular complexity index is 347. The van der Waals surface area contributed by atoms with E-state index in [-0.39, 0.29) is 10.5 Å². The van der Waals surface area contributed by atoms with Gasteiger partial charge in [0.25, 0.3) is 0 Å². The average Bonchev–Trinajstić information content (AvgIpc) is 2.70. The fraction of sp³-hybridized carbons (Fsp3) is 1.00. The molecule has 2 fully saturated rings. The minimum absolute atomic E-state index is 0.112. The molecule has 8 heteroatoms. The molecule has 17 heavy (non-hydrogen) atoms. The van der Waals surface area contributed by atoms with Crippen LogP contribution in [0, 0.1) is 0 Å². The average molecular weight is 355 g/mol. The zero-order valence-corrected chi connectivity index (χ0v) is 11.6. The second-order valence-corrected chi connectivity index (χ2v) is 6.09. The van der Waals surface area contributed by atoms with E-state index in [2.05, 4.69) is 32.6 Å². The fourth-order valence-electron chi connectivity index (χ4n) is 2.03. The van der Waals surface area contributed by atoms with Gasteiger partial charge in [-0.1, -0.05) is 27.7 Å². The number of halogens is 1. The van der Waals surface area contributed by atoms with E-state index < -0.39 is 30.4 Å². The van der Waals surface area contributed by atoms with Crippen LogP contribution in [0.4, 0.5) is 0 Å². The number of ether oxygens (including phenoxy) is 3. The summed E-state index contributed by atoms with van der Waals surface area (Å²) in [5, 5.41) is 13.6. The number of aliphatic hydroxyl groups is 1. The van der Waals surface area contributed by atoms with Crippen LogP contribution in [0.15, 0.2) is 5.11 Å². The van der Waals surface area contributed by atoms with Crippen LogP contribution in [0.5, 0.6) is 0 Å². The zero-order chi connectivity index (χ0) is 12.6. The second kappa shape index (κ2) is 4.87. The van der Waals surface area contributed by atoms with Gasteiger partial charge in [0.15, 0.2) is 12.1 Å². The molecule has 0 aromatic heterocycles. The summed E-state index contributed by atoms with van der Waals surface area (Å²) >= 11 is 2.09. The maximum absolute atomic E-state index is 10.1. The van der Waals surface area contributed by atoms with E-state index in [4.69, 9.17) is 19.7 Å². The molecule has 96 valence electrons. The summed E-state index contributed by atoms with van der Waals surface area (Å²) in [6.07, 6.45) is -2.23. The summed E-state index contributed by atoms with van der Waals surface area (Å²) in [4.78, 5) is 2.69. The molecule has 0 aromatic rings. The van der Waals surface area contributed by atoms with Gasteiger partial charge >= 0.3 is 0 Å². The van der Waals surface area contributed by atoms with Gasteiger partial charge in [-0.15, -0.1) is 0 Å². The molecule has 0 spiro atoms. The number of hydrogen-bond acceptors (Lipinski definition) is 5. The standard InChI is InChI=1S/C9H14IN3O4/c1-9(2)16-7-5(14)6(15-8(7)17-9)4(10)3-12-13-11/h4-8,14H,3H2,1-2H3. The van der Waals surface area contributed by atoms with Gasteiger partial charge in [0.05, 0.1) is 0 Å². The van der Waals surface area contributed by atoms with Crippen molar-refractivity contribution in [1.82, 2.24) is 0 Å². The molecule has 5 atom stereocenters. The van der Waals surface area contributed by atoms with Gasteiger partial charge in [-0.25, -0.2) is 0 Å². The molecule has 0 aliphatic carbocycles. The molecule has 0 bridgehead atoms. The lowest BCUT2D eigenvalue weighted by atomic mass is 10.1. The van der Waals surface area contributed by atoms with Crippen LogP contribution in [-0.4, -0.2) is 46.0 Å². The van der Waals surface area contributed by atoms with Crippen LogP contribution < -0.4 is 0 Å². The van der Waals surface area contributed by atoms with Crippen molar-refractivity contribution < 1.29 is 19.3 Å². The lowest BCUT2D eigenvalue weighted by molar-refractivity contribution is -0.213. The lowest BCUT2D eigenvalue weighted by Crippen LogP contribution is -2.39. The highest BCUT2D eigenvalue weighted by Crippen LogP contribution is 2.39. The van der Waals surface area contributed by atoms with Gasteiger partial charge in [-0.2, -0.15) is 0 Å². The number of aliphatic hydroxyl groups excluding tert-OH is 1. The third-order valence-electron chi connectivity index (χ3n) is 2.73. The first-order valence-electron chi connectivity index (χ1n) is 5.29. The van der Waals surface area contributed by atoms with Gasteiger partial charge in [-0.05, 0) is 19.4 Å². The van der Waals surface area contributed by atoms with Crippen molar-refractivity contribution in [1.29, 1.82) is 0 Å². The molecule has 5 unspecified atom stereocenters. The third-order valence-corrected chi connectivity index (χ3v) is 3.83. The van der Waals surface area contributed by atoms with Crippen molar-refractivity contribution in [2.75, 3.05) is 6.54 Å². The Kier molecular flexibility index (Phi) is 3.81. The first-order chi connectivity index (χ1) is 7.94. The Morgan fingerprint density at radius 1 is 1.53 bits per heavy atom. The van der Waals surface area contributed by atoms with Gasteiger partial charge in [0, 0.05) is 15.4 Å². The van der Waals surface area contributed by atoms with Crippen LogP contribution in [-0.2, 0) is 14.2 Å². The molecule has 2 aliphatic rings. The smallest absolute Gasteiger partial charge is 0.190 e. The Balaban J connectivity index is 2.00. The quantitative estimate of drug-likeness (QED) is 0.272. The Morgan fingerprint density at radius 2 is 2.24 bits per heavy atom. The highest BCUT2D eigenvalue weighted by atomic mass is 127. The largest absolute Gasteiger partial charge is 0.387 e. The Morgan fingerprint density at radius 3 is 2.82 bits per heavy atom. The summed E-state index contributed by atoms with van der Waals surface area (Å²) < 4.78 is 16.6. The maximum atomic E-state index is 10.1. The molecule has 2 heterocycles. The topological polar surface area (TPSA) is 96.7 Å². The molecule has 7 nitrogen and oxygen atoms in total. The van der Waals surface area contributed by atoms with E-state index in [0.717, 1.165) is 0 Å². The molecule has 0 aromatic carbocycles. The van der Waals surface area contributed by atoms with E-state index in [1.165, 1.54) is 0 Å². The number of rotatable bonds is 3. The number of alkyl halides is 1. The van der Waals surface area contributed by atoms with Gasteiger partial charge in [-0.3, -0.25) is 0 Å². The van der Waals surface area contributed by atoms with E-state index >= 15 is 0 Å². The molecule has 0 amide bonds. The molecule has 0 saturated carbocycles. The van der Waals surface area contributed by atoms with Gasteiger partial charge < -0.3 is 19.3 Å². The van der Waals surface area contributed by atoms with E-state index in [0.29, 0.717) is 0 Å². The van der Waals surface area contributed by atoms with Crippen LogP contribution in [0.3, 0.4) is 0 Å². The van der Waals surface area contributed by atoms with E-state index in [9.17, 15) is 5.11 Å². The summed E-state index contributed by atoms with van der Waals surface area (Å²) in [5.41, 5.74) is 8.26. The Labute approximate surface area is 112 Å². The molecule has 0 radical (unpaired) electrons. The fourth-order valence-corrected chi connectivity index (χ4v) is 2.80. The van der Waals surface area contributed by atoms with Crippen LogP contribution in [0.2, 0.25) is 0 Å². The van der Waals surface area contributed by atoms with Crippen molar-refractivity contribution >= 4 is 22.6 Å². The van der Waals surface area contributed by atoms with Crippen molar-refractivity contribution in [3.8, 4) is 0 Å². The number of nitrogens with zero attached hydrogens (tertiary/aromatic N) is 3. The number of hydrogen-bond donors (Lipinski definition) is 1. The van der Waals surface area contributed by atoms with Crippen LogP contribution in [0.25, 0.3) is 10.4 Å². The molecule has 1 N–H and O–H groups in total. The van der Waals surface area contributed by atoms with Crippen molar-refractivity contribution in [3.05, 3.63) is 10.4 Å². The van der Waals surface area contributed by atoms with E-state index in [1.54, 1.807) is 13.8 Å². The van der Waals surface area contributed by atoms with Gasteiger partial charge in [0.1, 0.15) is 18.3 Å². The minimum Gasteiger partial charge on any atom is -0.387 e. The molecular formula is C9H14IN3O4. The lowest BCUT2D eigenvalue weighted by Gasteiger charge is -2.25. The molecule has 2 saturated heterocycles. The predicted octanol–water partition coefficient (Wildman–Crippen LogP) is 1.34. The van der Waals surface area contributed by atoms with Crippen LogP contribution in [0.1, 0.15) is 13.8 Å². The second-order valence-electron chi connectivity index (χ2n) is 4.49. The summed E-state index contributed by atoms with van der Waals surface area (Å²) in [7, 11) is 0. The molecule has 2 rings (SSSR count). The van der Waals surface area contributed by atoms with Crippen molar-refractivity contribution in [2.45, 2.75) is 48.2 Å².